The first-order chi connectivity index (χ1) is 8.79. The van der Waals surface area contributed by atoms with Crippen molar-refractivity contribution in [2.75, 3.05) is 13.1 Å². The molecule has 6 heteroatoms. The highest BCUT2D eigenvalue weighted by atomic mass is 32.2. The molecule has 1 aromatic rings. The first-order valence-corrected chi connectivity index (χ1v) is 8.92. The highest BCUT2D eigenvalue weighted by Crippen LogP contribution is 2.31. The van der Waals surface area contributed by atoms with Crippen LogP contribution in [0.15, 0.2) is 16.3 Å². The summed E-state index contributed by atoms with van der Waals surface area (Å²) in [6.07, 6.45) is 1.93. The maximum Gasteiger partial charge on any atom is 0.250 e. The van der Waals surface area contributed by atoms with Crippen LogP contribution < -0.4 is 10.0 Å². The van der Waals surface area contributed by atoms with E-state index in [1.165, 1.54) is 11.3 Å². The first kappa shape index (κ1) is 15.0. The third-order valence-electron chi connectivity index (χ3n) is 3.20. The van der Waals surface area contributed by atoms with Gasteiger partial charge in [0.05, 0.1) is 0 Å². The summed E-state index contributed by atoms with van der Waals surface area (Å²) < 4.78 is 27.8. The van der Waals surface area contributed by atoms with Gasteiger partial charge in [0.25, 0.3) is 0 Å². The lowest BCUT2D eigenvalue weighted by molar-refractivity contribution is 0.429. The molecule has 2 N–H and O–H groups in total. The van der Waals surface area contributed by atoms with Gasteiger partial charge in [0, 0.05) is 17.5 Å². The molecular weight excluding hydrogens is 280 g/mol. The molecule has 1 aromatic heterocycles. The topological polar surface area (TPSA) is 58.2 Å². The summed E-state index contributed by atoms with van der Waals surface area (Å²) in [4.78, 5) is 1.09. The molecule has 0 aromatic carbocycles. The van der Waals surface area contributed by atoms with Gasteiger partial charge in [-0.1, -0.05) is 20.8 Å². The second kappa shape index (κ2) is 5.52. The van der Waals surface area contributed by atoms with E-state index in [0.717, 1.165) is 30.8 Å². The van der Waals surface area contributed by atoms with Gasteiger partial charge in [-0.25, -0.2) is 13.1 Å². The zero-order chi connectivity index (χ0) is 14.1. The Labute approximate surface area is 119 Å². The van der Waals surface area contributed by atoms with Crippen molar-refractivity contribution in [1.29, 1.82) is 0 Å². The number of hydrogen-bond donors (Lipinski definition) is 2. The Kier molecular flexibility index (Phi) is 4.35. The summed E-state index contributed by atoms with van der Waals surface area (Å²) in [5.41, 5.74) is -0.00910. The van der Waals surface area contributed by atoms with E-state index in [4.69, 9.17) is 0 Å². The zero-order valence-corrected chi connectivity index (χ0v) is 13.3. The summed E-state index contributed by atoms with van der Waals surface area (Å²) in [5, 5.41) is 3.21. The summed E-state index contributed by atoms with van der Waals surface area (Å²) >= 11 is 1.36. The third-order valence-corrected chi connectivity index (χ3v) is 6.73. The molecular formula is C13H22N2O2S2. The maximum atomic E-state index is 12.3. The molecule has 108 valence electrons. The van der Waals surface area contributed by atoms with Crippen molar-refractivity contribution < 1.29 is 8.42 Å². The number of piperidine rings is 1. The standard InChI is InChI=1S/C13H22N2O2S2/c1-13(2,3)11-6-7-12(18-11)19(16,17)15-10-5-4-8-14-9-10/h6-7,10,14-15H,4-5,8-9H2,1-3H3/t10-/m0/s1. The molecule has 4 nitrogen and oxygen atoms in total. The van der Waals surface area contributed by atoms with Crippen LogP contribution in [0.1, 0.15) is 38.5 Å². The second-order valence-corrected chi connectivity index (χ2v) is 9.06. The molecule has 19 heavy (non-hydrogen) atoms. The quantitative estimate of drug-likeness (QED) is 0.899. The molecule has 1 atom stereocenters. The molecule has 0 radical (unpaired) electrons. The Bertz CT molecular complexity index is 523. The average Bonchev–Trinajstić information content (AvgIpc) is 2.79. The second-order valence-electron chi connectivity index (χ2n) is 6.03. The normalized spacial score (nSPS) is 21.5. The van der Waals surface area contributed by atoms with Crippen molar-refractivity contribution in [2.45, 2.75) is 49.3 Å². The molecule has 0 amide bonds. The van der Waals surface area contributed by atoms with Crippen LogP contribution in [0.2, 0.25) is 0 Å². The van der Waals surface area contributed by atoms with Crippen LogP contribution in [0.3, 0.4) is 0 Å². The van der Waals surface area contributed by atoms with Crippen LogP contribution in [-0.4, -0.2) is 27.5 Å². The van der Waals surface area contributed by atoms with Gasteiger partial charge in [-0.05, 0) is 36.9 Å². The number of rotatable bonds is 3. The van der Waals surface area contributed by atoms with Crippen molar-refractivity contribution in [2.24, 2.45) is 0 Å². The minimum absolute atomic E-state index is 0.00910. The summed E-state index contributed by atoms with van der Waals surface area (Å²) in [7, 11) is -3.37. The van der Waals surface area contributed by atoms with Gasteiger partial charge >= 0.3 is 0 Å². The summed E-state index contributed by atoms with van der Waals surface area (Å²) in [5.74, 6) is 0. The van der Waals surface area contributed by atoms with Gasteiger partial charge in [-0.15, -0.1) is 11.3 Å². The highest BCUT2D eigenvalue weighted by molar-refractivity contribution is 7.91. The Hall–Kier alpha value is -0.430. The predicted octanol–water partition coefficient (Wildman–Crippen LogP) is 2.08. The van der Waals surface area contributed by atoms with Crippen LogP contribution in [0.4, 0.5) is 0 Å². The maximum absolute atomic E-state index is 12.3. The largest absolute Gasteiger partial charge is 0.315 e. The average molecular weight is 302 g/mol. The number of hydrogen-bond acceptors (Lipinski definition) is 4. The third kappa shape index (κ3) is 3.78. The van der Waals surface area contributed by atoms with Crippen molar-refractivity contribution in [3.05, 3.63) is 17.0 Å². The molecule has 1 aliphatic rings. The molecule has 0 saturated carbocycles. The fourth-order valence-electron chi connectivity index (χ4n) is 2.10. The van der Waals surface area contributed by atoms with Gasteiger partial charge in [0.2, 0.25) is 10.0 Å². The van der Waals surface area contributed by atoms with Gasteiger partial charge in [0.15, 0.2) is 0 Å². The van der Waals surface area contributed by atoms with E-state index in [2.05, 4.69) is 30.8 Å². The molecule has 0 bridgehead atoms. The fraction of sp³-hybridized carbons (Fsp3) is 0.692. The molecule has 1 aliphatic heterocycles. The predicted molar refractivity (Wildman–Crippen MR) is 79.2 cm³/mol. The smallest absolute Gasteiger partial charge is 0.250 e. The summed E-state index contributed by atoms with van der Waals surface area (Å²) in [6, 6.07) is 3.64. The Balaban J connectivity index is 2.13. The summed E-state index contributed by atoms with van der Waals surface area (Å²) in [6.45, 7) is 7.97. The van der Waals surface area contributed by atoms with E-state index < -0.39 is 10.0 Å². The van der Waals surface area contributed by atoms with E-state index in [0.29, 0.717) is 4.21 Å². The Morgan fingerprint density at radius 3 is 2.63 bits per heavy atom. The lowest BCUT2D eigenvalue weighted by Gasteiger charge is -2.23. The molecule has 1 fully saturated rings. The number of thiophene rings is 1. The first-order valence-electron chi connectivity index (χ1n) is 6.62. The monoisotopic (exact) mass is 302 g/mol. The van der Waals surface area contributed by atoms with E-state index in [1.54, 1.807) is 6.07 Å². The highest BCUT2D eigenvalue weighted by Gasteiger charge is 2.25. The minimum Gasteiger partial charge on any atom is -0.315 e. The van der Waals surface area contributed by atoms with Crippen molar-refractivity contribution in [3.63, 3.8) is 0 Å². The van der Waals surface area contributed by atoms with Crippen molar-refractivity contribution in [3.8, 4) is 0 Å². The Morgan fingerprint density at radius 1 is 1.37 bits per heavy atom. The lowest BCUT2D eigenvalue weighted by Crippen LogP contribution is -2.45. The van der Waals surface area contributed by atoms with E-state index in [9.17, 15) is 8.42 Å². The van der Waals surface area contributed by atoms with Crippen LogP contribution in [-0.2, 0) is 15.4 Å². The molecule has 1 saturated heterocycles. The van der Waals surface area contributed by atoms with Crippen molar-refractivity contribution >= 4 is 21.4 Å². The van der Waals surface area contributed by atoms with E-state index >= 15 is 0 Å². The molecule has 2 heterocycles. The Morgan fingerprint density at radius 2 is 2.11 bits per heavy atom. The molecule has 2 rings (SSSR count). The van der Waals surface area contributed by atoms with E-state index in [-0.39, 0.29) is 11.5 Å². The van der Waals surface area contributed by atoms with Gasteiger partial charge in [0.1, 0.15) is 4.21 Å². The van der Waals surface area contributed by atoms with Crippen LogP contribution in [0.5, 0.6) is 0 Å². The van der Waals surface area contributed by atoms with Crippen LogP contribution in [0, 0.1) is 0 Å². The lowest BCUT2D eigenvalue weighted by atomic mass is 9.95. The fourth-order valence-corrected chi connectivity index (χ4v) is 4.75. The van der Waals surface area contributed by atoms with Crippen LogP contribution in [0.25, 0.3) is 0 Å². The number of sulfonamides is 1. The minimum atomic E-state index is -3.37. The number of nitrogens with one attached hydrogen (secondary N) is 2. The van der Waals surface area contributed by atoms with Gasteiger partial charge < -0.3 is 5.32 Å². The molecule has 0 aliphatic carbocycles. The SMILES string of the molecule is CC(C)(C)c1ccc(S(=O)(=O)N[C@H]2CCCNC2)s1. The zero-order valence-electron chi connectivity index (χ0n) is 11.7. The van der Waals surface area contributed by atoms with Crippen LogP contribution >= 0.6 is 11.3 Å². The van der Waals surface area contributed by atoms with Gasteiger partial charge in [-0.3, -0.25) is 0 Å². The van der Waals surface area contributed by atoms with Crippen molar-refractivity contribution in [1.82, 2.24) is 10.0 Å². The van der Waals surface area contributed by atoms with E-state index in [1.807, 2.05) is 6.07 Å². The van der Waals surface area contributed by atoms with Gasteiger partial charge in [-0.2, -0.15) is 0 Å². The molecule has 0 spiro atoms. The molecule has 0 unspecified atom stereocenters.